The predicted molar refractivity (Wildman–Crippen MR) is 133 cm³/mol. The van der Waals surface area contributed by atoms with Gasteiger partial charge in [0.25, 0.3) is 10.0 Å². The number of benzene rings is 3. The van der Waals surface area contributed by atoms with Gasteiger partial charge in [0.2, 0.25) is 5.91 Å². The quantitative estimate of drug-likeness (QED) is 0.301. The average Bonchev–Trinajstić information content (AvgIpc) is 2.84. The number of hydrogen-bond donors (Lipinski definition) is 1. The van der Waals surface area contributed by atoms with Crippen molar-refractivity contribution in [3.8, 4) is 5.75 Å². The first-order chi connectivity index (χ1) is 16.0. The van der Waals surface area contributed by atoms with Gasteiger partial charge < -0.3 is 10.1 Å². The zero-order valence-corrected chi connectivity index (χ0v) is 20.1. The number of nitrogens with one attached hydrogen (secondary N) is 1. The third-order valence-corrected chi connectivity index (χ3v) is 7.60. The summed E-state index contributed by atoms with van der Waals surface area (Å²) in [5.74, 6) is 1.14. The Bertz CT molecular complexity index is 1110. The lowest BCUT2D eigenvalue weighted by molar-refractivity contribution is -0.119. The second-order valence-electron chi connectivity index (χ2n) is 7.12. The lowest BCUT2D eigenvalue weighted by Crippen LogP contribution is -2.41. The number of carbonyl (C=O) groups is 1. The molecule has 0 heterocycles. The molecule has 6 nitrogen and oxygen atoms in total. The van der Waals surface area contributed by atoms with Crippen molar-refractivity contribution in [3.63, 3.8) is 0 Å². The molecule has 3 rings (SSSR count). The van der Waals surface area contributed by atoms with E-state index in [1.807, 2.05) is 37.3 Å². The molecule has 0 atom stereocenters. The van der Waals surface area contributed by atoms with Crippen molar-refractivity contribution in [2.75, 3.05) is 29.8 Å². The Balaban J connectivity index is 1.65. The molecule has 0 unspecified atom stereocenters. The minimum absolute atomic E-state index is 0.131. The zero-order valence-electron chi connectivity index (χ0n) is 18.5. The van der Waals surface area contributed by atoms with Gasteiger partial charge in [0.1, 0.15) is 12.3 Å². The normalized spacial score (nSPS) is 11.1. The van der Waals surface area contributed by atoms with E-state index in [1.165, 1.54) is 17.0 Å². The fourth-order valence-corrected chi connectivity index (χ4v) is 5.42. The van der Waals surface area contributed by atoms with Gasteiger partial charge in [-0.15, -0.1) is 11.8 Å². The maximum absolute atomic E-state index is 13.3. The second-order valence-corrected chi connectivity index (χ2v) is 10.1. The number of sulfonamides is 1. The molecule has 0 aliphatic carbocycles. The lowest BCUT2D eigenvalue weighted by atomic mass is 10.3. The van der Waals surface area contributed by atoms with Gasteiger partial charge in [0.15, 0.2) is 0 Å². The van der Waals surface area contributed by atoms with Crippen LogP contribution in [0.25, 0.3) is 0 Å². The van der Waals surface area contributed by atoms with Gasteiger partial charge in [-0.2, -0.15) is 0 Å². The van der Waals surface area contributed by atoms with Gasteiger partial charge in [-0.1, -0.05) is 36.4 Å². The molecule has 0 radical (unpaired) electrons. The molecule has 33 heavy (non-hydrogen) atoms. The summed E-state index contributed by atoms with van der Waals surface area (Å²) in [5, 5.41) is 2.84. The number of anilines is 1. The molecule has 0 fully saturated rings. The van der Waals surface area contributed by atoms with E-state index in [-0.39, 0.29) is 17.3 Å². The van der Waals surface area contributed by atoms with Crippen molar-refractivity contribution in [1.82, 2.24) is 5.32 Å². The Morgan fingerprint density at radius 2 is 1.58 bits per heavy atom. The summed E-state index contributed by atoms with van der Waals surface area (Å²) in [7, 11) is -3.92. The molecule has 1 amide bonds. The van der Waals surface area contributed by atoms with E-state index in [4.69, 9.17) is 4.74 Å². The highest BCUT2D eigenvalue weighted by molar-refractivity contribution is 7.99. The van der Waals surface area contributed by atoms with Crippen LogP contribution in [0, 0.1) is 0 Å². The Kier molecular flexibility index (Phi) is 9.21. The van der Waals surface area contributed by atoms with Gasteiger partial charge in [0.05, 0.1) is 17.2 Å². The molecule has 3 aromatic carbocycles. The van der Waals surface area contributed by atoms with Crippen LogP contribution in [-0.4, -0.2) is 39.8 Å². The number of carbonyl (C=O) groups excluding carboxylic acids is 1. The fraction of sp³-hybridized carbons (Fsp3) is 0.240. The van der Waals surface area contributed by atoms with Crippen molar-refractivity contribution in [1.29, 1.82) is 0 Å². The van der Waals surface area contributed by atoms with Gasteiger partial charge >= 0.3 is 0 Å². The van der Waals surface area contributed by atoms with Crippen LogP contribution in [0.5, 0.6) is 5.75 Å². The number of hydrogen-bond acceptors (Lipinski definition) is 5. The van der Waals surface area contributed by atoms with Crippen LogP contribution in [0.2, 0.25) is 0 Å². The van der Waals surface area contributed by atoms with Gasteiger partial charge in [-0.3, -0.25) is 9.10 Å². The summed E-state index contributed by atoms with van der Waals surface area (Å²) in [4.78, 5) is 14.0. The van der Waals surface area contributed by atoms with E-state index in [2.05, 4.69) is 5.32 Å². The molecule has 0 aromatic heterocycles. The topological polar surface area (TPSA) is 75.7 Å². The zero-order chi connectivity index (χ0) is 23.5. The summed E-state index contributed by atoms with van der Waals surface area (Å²) in [6.07, 6.45) is 0.778. The summed E-state index contributed by atoms with van der Waals surface area (Å²) in [6, 6.07) is 24.9. The van der Waals surface area contributed by atoms with Crippen LogP contribution in [-0.2, 0) is 14.8 Å². The van der Waals surface area contributed by atoms with E-state index >= 15 is 0 Å². The Hall–Kier alpha value is -2.97. The van der Waals surface area contributed by atoms with E-state index in [1.54, 1.807) is 54.2 Å². The lowest BCUT2D eigenvalue weighted by Gasteiger charge is -2.24. The van der Waals surface area contributed by atoms with E-state index < -0.39 is 10.0 Å². The highest BCUT2D eigenvalue weighted by Gasteiger charge is 2.27. The largest absolute Gasteiger partial charge is 0.494 e. The highest BCUT2D eigenvalue weighted by Crippen LogP contribution is 2.25. The number of ether oxygens (including phenoxy) is 1. The minimum atomic E-state index is -3.92. The van der Waals surface area contributed by atoms with Crippen LogP contribution in [0.1, 0.15) is 13.3 Å². The smallest absolute Gasteiger partial charge is 0.264 e. The Labute approximate surface area is 200 Å². The first-order valence-corrected chi connectivity index (χ1v) is 13.2. The Morgan fingerprint density at radius 1 is 0.939 bits per heavy atom. The van der Waals surface area contributed by atoms with Crippen molar-refractivity contribution in [2.45, 2.75) is 23.1 Å². The first kappa shape index (κ1) is 24.7. The number of nitrogens with zero attached hydrogens (tertiary/aromatic N) is 1. The molecule has 1 N–H and O–H groups in total. The molecule has 0 aliphatic rings. The predicted octanol–water partition coefficient (Wildman–Crippen LogP) is 4.58. The monoisotopic (exact) mass is 484 g/mol. The molecule has 174 valence electrons. The molecule has 0 bridgehead atoms. The SMILES string of the molecule is CCOc1ccc(N(CC(=O)NCCCSc2ccccc2)S(=O)(=O)c2ccccc2)cc1. The number of amides is 1. The minimum Gasteiger partial charge on any atom is -0.494 e. The summed E-state index contributed by atoms with van der Waals surface area (Å²) < 4.78 is 33.2. The van der Waals surface area contributed by atoms with E-state index in [0.29, 0.717) is 24.6 Å². The van der Waals surface area contributed by atoms with Gasteiger partial charge in [-0.05, 0) is 67.6 Å². The molecule has 8 heteroatoms. The third-order valence-electron chi connectivity index (χ3n) is 4.71. The van der Waals surface area contributed by atoms with Crippen LogP contribution >= 0.6 is 11.8 Å². The van der Waals surface area contributed by atoms with Crippen molar-refractivity contribution in [2.24, 2.45) is 0 Å². The molecule has 0 spiro atoms. The third kappa shape index (κ3) is 7.27. The molecule has 0 saturated heterocycles. The number of thioether (sulfide) groups is 1. The van der Waals surface area contributed by atoms with Gasteiger partial charge in [-0.25, -0.2) is 8.42 Å². The molecule has 0 aliphatic heterocycles. The van der Waals surface area contributed by atoms with Crippen LogP contribution in [0.15, 0.2) is 94.7 Å². The molecular formula is C25H28N2O4S2. The van der Waals surface area contributed by atoms with E-state index in [9.17, 15) is 13.2 Å². The van der Waals surface area contributed by atoms with Crippen LogP contribution < -0.4 is 14.4 Å². The number of rotatable bonds is 12. The summed E-state index contributed by atoms with van der Waals surface area (Å²) in [6.45, 7) is 2.55. The second kappa shape index (κ2) is 12.3. The molecule has 3 aromatic rings. The maximum atomic E-state index is 13.3. The standard InChI is InChI=1S/C25H28N2O4S2/c1-2-31-22-16-14-21(15-17-22)27(33(29,30)24-12-7-4-8-13-24)20-25(28)26-18-9-19-32-23-10-5-3-6-11-23/h3-8,10-17H,2,9,18-20H2,1H3,(H,26,28). The molecule has 0 saturated carbocycles. The maximum Gasteiger partial charge on any atom is 0.264 e. The first-order valence-electron chi connectivity index (χ1n) is 10.8. The van der Waals surface area contributed by atoms with Crippen LogP contribution in [0.4, 0.5) is 5.69 Å². The van der Waals surface area contributed by atoms with E-state index in [0.717, 1.165) is 16.5 Å². The fourth-order valence-electron chi connectivity index (χ4n) is 3.10. The summed E-state index contributed by atoms with van der Waals surface area (Å²) in [5.41, 5.74) is 0.400. The van der Waals surface area contributed by atoms with Crippen molar-refractivity contribution >= 4 is 33.4 Å². The highest BCUT2D eigenvalue weighted by atomic mass is 32.2. The average molecular weight is 485 g/mol. The van der Waals surface area contributed by atoms with Crippen LogP contribution in [0.3, 0.4) is 0 Å². The Morgan fingerprint density at radius 3 is 2.21 bits per heavy atom. The van der Waals surface area contributed by atoms with Gasteiger partial charge in [0, 0.05) is 11.4 Å². The molecular weight excluding hydrogens is 456 g/mol. The van der Waals surface area contributed by atoms with Crippen molar-refractivity contribution < 1.29 is 17.9 Å². The summed E-state index contributed by atoms with van der Waals surface area (Å²) >= 11 is 1.72. The van der Waals surface area contributed by atoms with Crippen molar-refractivity contribution in [3.05, 3.63) is 84.9 Å².